The molecule has 1 heterocycles. The number of benzene rings is 1. The SMILES string of the molecule is CCOC(=O)C(CC1CCc2ccccc2C1)NC1N(C)C(=O)N(C)C(=O)C1(C)O. The minimum atomic E-state index is -1.87. The summed E-state index contributed by atoms with van der Waals surface area (Å²) < 4.78 is 5.25. The molecule has 0 radical (unpaired) electrons. The van der Waals surface area contributed by atoms with E-state index in [-0.39, 0.29) is 12.5 Å². The molecule has 8 heteroatoms. The highest BCUT2D eigenvalue weighted by molar-refractivity contribution is 6.01. The molecule has 1 saturated heterocycles. The van der Waals surface area contributed by atoms with Gasteiger partial charge in [0.1, 0.15) is 12.2 Å². The van der Waals surface area contributed by atoms with E-state index >= 15 is 0 Å². The molecule has 2 aliphatic rings. The lowest BCUT2D eigenvalue weighted by atomic mass is 9.80. The van der Waals surface area contributed by atoms with Gasteiger partial charge in [0.2, 0.25) is 0 Å². The van der Waals surface area contributed by atoms with Crippen molar-refractivity contribution in [3.63, 3.8) is 0 Å². The summed E-state index contributed by atoms with van der Waals surface area (Å²) in [5.41, 5.74) is 0.745. The second-order valence-corrected chi connectivity index (χ2v) is 8.39. The zero-order valence-electron chi connectivity index (χ0n) is 18.1. The standard InChI is InChI=1S/C22H31N3O5/c1-5-30-18(26)17(13-14-10-11-15-8-6-7-9-16(15)12-14)23-19-22(2,29)20(27)25(4)21(28)24(19)3/h6-9,14,17,19,23,29H,5,10-13H2,1-4H3. The Morgan fingerprint density at radius 2 is 1.97 bits per heavy atom. The maximum absolute atomic E-state index is 12.7. The summed E-state index contributed by atoms with van der Waals surface area (Å²) >= 11 is 0. The first kappa shape index (κ1) is 22.2. The third-order valence-corrected chi connectivity index (χ3v) is 6.19. The number of carbonyl (C=O) groups is 3. The van der Waals surface area contributed by atoms with Gasteiger partial charge in [-0.1, -0.05) is 24.3 Å². The Morgan fingerprint density at radius 1 is 1.30 bits per heavy atom. The molecule has 1 aromatic rings. The van der Waals surface area contributed by atoms with Gasteiger partial charge < -0.3 is 14.7 Å². The molecule has 3 amide bonds. The number of aryl methyl sites for hydroxylation is 1. The smallest absolute Gasteiger partial charge is 0.327 e. The minimum absolute atomic E-state index is 0.224. The molecule has 4 unspecified atom stereocenters. The molecule has 1 fully saturated rings. The number of aliphatic hydroxyl groups is 1. The van der Waals surface area contributed by atoms with Crippen LogP contribution in [-0.4, -0.2) is 71.3 Å². The average Bonchev–Trinajstić information content (AvgIpc) is 2.73. The number of hydrogen-bond acceptors (Lipinski definition) is 6. The Bertz CT molecular complexity index is 825. The van der Waals surface area contributed by atoms with Gasteiger partial charge in [-0.25, -0.2) is 4.79 Å². The Balaban J connectivity index is 1.80. The van der Waals surface area contributed by atoms with Gasteiger partial charge in [0, 0.05) is 14.1 Å². The summed E-state index contributed by atoms with van der Waals surface area (Å²) in [6.45, 7) is 3.31. The number of carbonyl (C=O) groups excluding carboxylic acids is 3. The van der Waals surface area contributed by atoms with E-state index in [1.165, 1.54) is 37.0 Å². The first-order chi connectivity index (χ1) is 14.2. The fraction of sp³-hybridized carbons (Fsp3) is 0.591. The zero-order chi connectivity index (χ0) is 22.1. The van der Waals surface area contributed by atoms with Crippen LogP contribution in [0, 0.1) is 5.92 Å². The monoisotopic (exact) mass is 417 g/mol. The highest BCUT2D eigenvalue weighted by atomic mass is 16.5. The van der Waals surface area contributed by atoms with Crippen LogP contribution in [0.25, 0.3) is 0 Å². The first-order valence-corrected chi connectivity index (χ1v) is 10.4. The topological polar surface area (TPSA) is 99.2 Å². The van der Waals surface area contributed by atoms with Crippen molar-refractivity contribution < 1.29 is 24.2 Å². The van der Waals surface area contributed by atoms with Gasteiger partial charge in [-0.2, -0.15) is 0 Å². The summed E-state index contributed by atoms with van der Waals surface area (Å²) in [6, 6.07) is 7.01. The normalized spacial score (nSPS) is 27.6. The fourth-order valence-electron chi connectivity index (χ4n) is 4.52. The molecule has 164 valence electrons. The van der Waals surface area contributed by atoms with E-state index in [1.807, 2.05) is 12.1 Å². The van der Waals surface area contributed by atoms with Crippen LogP contribution in [-0.2, 0) is 27.2 Å². The molecular weight excluding hydrogens is 386 g/mol. The number of esters is 1. The highest BCUT2D eigenvalue weighted by Crippen LogP contribution is 2.30. The summed E-state index contributed by atoms with van der Waals surface area (Å²) in [6.07, 6.45) is 2.18. The summed E-state index contributed by atoms with van der Waals surface area (Å²) in [5, 5.41) is 13.9. The molecule has 0 saturated carbocycles. The number of rotatable bonds is 6. The maximum atomic E-state index is 12.7. The molecule has 4 atom stereocenters. The van der Waals surface area contributed by atoms with Gasteiger partial charge in [-0.15, -0.1) is 0 Å². The highest BCUT2D eigenvalue weighted by Gasteiger charge is 2.52. The lowest BCUT2D eigenvalue weighted by Crippen LogP contribution is -2.73. The number of amides is 3. The van der Waals surface area contributed by atoms with E-state index in [0.29, 0.717) is 6.42 Å². The van der Waals surface area contributed by atoms with Crippen LogP contribution in [0.1, 0.15) is 37.8 Å². The molecule has 1 aliphatic carbocycles. The van der Waals surface area contributed by atoms with Gasteiger partial charge in [0.05, 0.1) is 6.61 Å². The second kappa shape index (κ2) is 8.73. The number of imide groups is 1. The second-order valence-electron chi connectivity index (χ2n) is 8.39. The number of fused-ring (bicyclic) bond motifs is 1. The summed E-state index contributed by atoms with van der Waals surface area (Å²) in [7, 11) is 2.82. The van der Waals surface area contributed by atoms with Gasteiger partial charge >= 0.3 is 12.0 Å². The van der Waals surface area contributed by atoms with E-state index < -0.39 is 35.7 Å². The van der Waals surface area contributed by atoms with Crippen molar-refractivity contribution in [3.8, 4) is 0 Å². The van der Waals surface area contributed by atoms with Gasteiger partial charge in [-0.05, 0) is 56.6 Å². The molecule has 30 heavy (non-hydrogen) atoms. The van der Waals surface area contributed by atoms with Crippen LogP contribution in [0.2, 0.25) is 0 Å². The van der Waals surface area contributed by atoms with E-state index in [0.717, 1.165) is 24.2 Å². The van der Waals surface area contributed by atoms with E-state index in [9.17, 15) is 19.5 Å². The lowest BCUT2D eigenvalue weighted by Gasteiger charge is -2.46. The van der Waals surface area contributed by atoms with Crippen LogP contribution in [0.3, 0.4) is 0 Å². The van der Waals surface area contributed by atoms with Crippen molar-refractivity contribution in [2.45, 2.75) is 57.3 Å². The van der Waals surface area contributed by atoms with Crippen molar-refractivity contribution >= 4 is 17.9 Å². The minimum Gasteiger partial charge on any atom is -0.465 e. The molecule has 1 aliphatic heterocycles. The molecule has 2 N–H and O–H groups in total. The van der Waals surface area contributed by atoms with E-state index in [1.54, 1.807) is 6.92 Å². The predicted molar refractivity (Wildman–Crippen MR) is 110 cm³/mol. The molecule has 8 nitrogen and oxygen atoms in total. The quantitative estimate of drug-likeness (QED) is 0.677. The fourth-order valence-corrected chi connectivity index (χ4v) is 4.52. The number of hydrogen-bond donors (Lipinski definition) is 2. The molecule has 1 aromatic carbocycles. The number of nitrogens with zero attached hydrogens (tertiary/aromatic N) is 2. The molecule has 3 rings (SSSR count). The predicted octanol–water partition coefficient (Wildman–Crippen LogP) is 1.30. The first-order valence-electron chi connectivity index (χ1n) is 10.4. The number of nitrogens with one attached hydrogen (secondary N) is 1. The third kappa shape index (κ3) is 4.20. The lowest BCUT2D eigenvalue weighted by molar-refractivity contribution is -0.162. The number of urea groups is 1. The van der Waals surface area contributed by atoms with Crippen LogP contribution in [0.4, 0.5) is 4.79 Å². The zero-order valence-corrected chi connectivity index (χ0v) is 18.1. The van der Waals surface area contributed by atoms with Crippen molar-refractivity contribution in [2.24, 2.45) is 5.92 Å². The van der Waals surface area contributed by atoms with Crippen molar-refractivity contribution in [2.75, 3.05) is 20.7 Å². The Hall–Kier alpha value is -2.45. The van der Waals surface area contributed by atoms with Crippen LogP contribution in [0.5, 0.6) is 0 Å². The average molecular weight is 418 g/mol. The van der Waals surface area contributed by atoms with Gasteiger partial charge in [0.15, 0.2) is 5.60 Å². The summed E-state index contributed by atoms with van der Waals surface area (Å²) in [4.78, 5) is 39.7. The van der Waals surface area contributed by atoms with Gasteiger partial charge in [0.25, 0.3) is 5.91 Å². The Labute approximate surface area is 177 Å². The maximum Gasteiger partial charge on any atom is 0.327 e. The largest absolute Gasteiger partial charge is 0.465 e. The molecule has 0 spiro atoms. The number of likely N-dealkylation sites (N-methyl/N-ethyl adjacent to an activating group) is 2. The van der Waals surface area contributed by atoms with Crippen LogP contribution < -0.4 is 5.32 Å². The number of ether oxygens (including phenoxy) is 1. The third-order valence-electron chi connectivity index (χ3n) is 6.19. The van der Waals surface area contributed by atoms with E-state index in [4.69, 9.17) is 4.74 Å². The van der Waals surface area contributed by atoms with Gasteiger partial charge in [-0.3, -0.25) is 19.8 Å². The van der Waals surface area contributed by atoms with Crippen molar-refractivity contribution in [1.82, 2.24) is 15.1 Å². The van der Waals surface area contributed by atoms with E-state index in [2.05, 4.69) is 17.4 Å². The van der Waals surface area contributed by atoms with Crippen molar-refractivity contribution in [1.29, 1.82) is 0 Å². The van der Waals surface area contributed by atoms with Crippen LogP contribution >= 0.6 is 0 Å². The van der Waals surface area contributed by atoms with Crippen LogP contribution in [0.15, 0.2) is 24.3 Å². The molecule has 0 bridgehead atoms. The van der Waals surface area contributed by atoms with Crippen molar-refractivity contribution in [3.05, 3.63) is 35.4 Å². The molecule has 0 aromatic heterocycles. The Kier molecular flexibility index (Phi) is 6.47. The Morgan fingerprint density at radius 3 is 2.63 bits per heavy atom. The summed E-state index contributed by atoms with van der Waals surface area (Å²) in [5.74, 6) is -0.911. The molecular formula is C22H31N3O5.